The number of ether oxygens (including phenoxy) is 1. The van der Waals surface area contributed by atoms with Crippen LogP contribution in [0.5, 0.6) is 0 Å². The van der Waals surface area contributed by atoms with Gasteiger partial charge in [-0.05, 0) is 30.5 Å². The zero-order chi connectivity index (χ0) is 14.8. The average molecular weight is 302 g/mol. The van der Waals surface area contributed by atoms with Gasteiger partial charge in [0, 0.05) is 20.0 Å². The van der Waals surface area contributed by atoms with E-state index in [-0.39, 0.29) is 0 Å². The molecule has 3 aromatic rings. The second-order valence-electron chi connectivity index (χ2n) is 5.14. The van der Waals surface area contributed by atoms with Crippen LogP contribution in [0.1, 0.15) is 27.5 Å². The fraction of sp³-hybridized carbons (Fsp3) is 0.400. The predicted molar refractivity (Wildman–Crippen MR) is 83.0 cm³/mol. The predicted octanol–water partition coefficient (Wildman–Crippen LogP) is 2.58. The zero-order valence-corrected chi connectivity index (χ0v) is 13.3. The van der Waals surface area contributed by atoms with Crippen LogP contribution in [-0.4, -0.2) is 33.5 Å². The van der Waals surface area contributed by atoms with E-state index in [0.717, 1.165) is 28.6 Å². The van der Waals surface area contributed by atoms with Crippen LogP contribution < -0.4 is 0 Å². The molecule has 0 atom stereocenters. The highest BCUT2D eigenvalue weighted by atomic mass is 32.1. The van der Waals surface area contributed by atoms with Gasteiger partial charge in [0.2, 0.25) is 4.96 Å². The van der Waals surface area contributed by atoms with Crippen molar-refractivity contribution in [3.63, 3.8) is 0 Å². The lowest BCUT2D eigenvalue weighted by Gasteiger charge is -2.03. The summed E-state index contributed by atoms with van der Waals surface area (Å²) in [6, 6.07) is 6.55. The van der Waals surface area contributed by atoms with E-state index >= 15 is 0 Å². The van der Waals surface area contributed by atoms with Crippen molar-refractivity contribution in [2.24, 2.45) is 0 Å². The first-order chi connectivity index (χ1) is 10.2. The van der Waals surface area contributed by atoms with E-state index in [1.165, 1.54) is 16.7 Å². The fourth-order valence-electron chi connectivity index (χ4n) is 2.21. The second kappa shape index (κ2) is 5.91. The summed E-state index contributed by atoms with van der Waals surface area (Å²) in [7, 11) is 1.68. The number of benzene rings is 1. The largest absolute Gasteiger partial charge is 0.384 e. The molecule has 0 saturated heterocycles. The highest BCUT2D eigenvalue weighted by Gasteiger charge is 2.12. The number of aryl methyl sites for hydroxylation is 2. The van der Waals surface area contributed by atoms with Crippen LogP contribution in [0.2, 0.25) is 0 Å². The molecule has 0 fully saturated rings. The first-order valence-electron chi connectivity index (χ1n) is 6.92. The topological polar surface area (TPSA) is 52.3 Å². The molecule has 0 radical (unpaired) electrons. The monoisotopic (exact) mass is 302 g/mol. The van der Waals surface area contributed by atoms with Crippen molar-refractivity contribution in [1.82, 2.24) is 19.8 Å². The van der Waals surface area contributed by atoms with Crippen LogP contribution in [0.3, 0.4) is 0 Å². The highest BCUT2D eigenvalue weighted by Crippen LogP contribution is 2.19. The third kappa shape index (κ3) is 2.96. The summed E-state index contributed by atoms with van der Waals surface area (Å²) in [5, 5.41) is 14.0. The Bertz CT molecular complexity index is 762. The molecule has 0 aliphatic rings. The number of fused-ring (bicyclic) bond motifs is 1. The number of nitrogens with zero attached hydrogens (tertiary/aromatic N) is 4. The summed E-state index contributed by atoms with van der Waals surface area (Å²) < 4.78 is 6.92. The zero-order valence-electron chi connectivity index (χ0n) is 12.5. The molecule has 0 aliphatic heterocycles. The molecule has 5 nitrogen and oxygen atoms in total. The lowest BCUT2D eigenvalue weighted by molar-refractivity contribution is 0.200. The molecule has 0 N–H and O–H groups in total. The van der Waals surface area contributed by atoms with Gasteiger partial charge in [0.15, 0.2) is 5.82 Å². The summed E-state index contributed by atoms with van der Waals surface area (Å²) in [5.41, 5.74) is 3.91. The van der Waals surface area contributed by atoms with Crippen molar-refractivity contribution in [3.8, 4) is 0 Å². The van der Waals surface area contributed by atoms with Gasteiger partial charge in [0.25, 0.3) is 0 Å². The summed E-state index contributed by atoms with van der Waals surface area (Å²) in [4.78, 5) is 0.847. The fourth-order valence-corrected chi connectivity index (χ4v) is 3.09. The molecule has 110 valence electrons. The molecule has 3 rings (SSSR count). The van der Waals surface area contributed by atoms with E-state index in [2.05, 4.69) is 47.3 Å². The van der Waals surface area contributed by atoms with Crippen LogP contribution in [0.4, 0.5) is 0 Å². The van der Waals surface area contributed by atoms with E-state index in [1.807, 2.05) is 4.52 Å². The minimum absolute atomic E-state index is 0.630. The van der Waals surface area contributed by atoms with Crippen LogP contribution in [0.15, 0.2) is 18.2 Å². The first kappa shape index (κ1) is 14.2. The van der Waals surface area contributed by atoms with Crippen molar-refractivity contribution in [3.05, 3.63) is 45.7 Å². The molecule has 0 spiro atoms. The van der Waals surface area contributed by atoms with E-state index in [9.17, 15) is 0 Å². The minimum atomic E-state index is 0.630. The Morgan fingerprint density at radius 3 is 2.81 bits per heavy atom. The minimum Gasteiger partial charge on any atom is -0.384 e. The standard InChI is InChI=1S/C15H18N4OS/c1-10-4-5-12(8-11(10)2)9-14-18-19-13(6-7-20-3)16-17-15(19)21-14/h4-5,8H,6-7,9H2,1-3H3. The van der Waals surface area contributed by atoms with Crippen molar-refractivity contribution >= 4 is 16.3 Å². The van der Waals surface area contributed by atoms with Gasteiger partial charge < -0.3 is 4.74 Å². The molecule has 2 aromatic heterocycles. The molecular formula is C15H18N4OS. The van der Waals surface area contributed by atoms with E-state index in [1.54, 1.807) is 18.4 Å². The van der Waals surface area contributed by atoms with E-state index < -0.39 is 0 Å². The van der Waals surface area contributed by atoms with Crippen LogP contribution in [-0.2, 0) is 17.6 Å². The summed E-state index contributed by atoms with van der Waals surface area (Å²) in [6.45, 7) is 4.90. The van der Waals surface area contributed by atoms with E-state index in [0.29, 0.717) is 6.61 Å². The van der Waals surface area contributed by atoms with Crippen LogP contribution >= 0.6 is 11.3 Å². The van der Waals surface area contributed by atoms with Gasteiger partial charge in [-0.1, -0.05) is 29.5 Å². The SMILES string of the molecule is COCCc1nnc2sc(Cc3ccc(C)c(C)c3)nn12. The smallest absolute Gasteiger partial charge is 0.234 e. The molecule has 0 bridgehead atoms. The normalized spacial score (nSPS) is 11.4. The van der Waals surface area contributed by atoms with Gasteiger partial charge in [0.05, 0.1) is 6.61 Å². The van der Waals surface area contributed by atoms with E-state index in [4.69, 9.17) is 4.74 Å². The van der Waals surface area contributed by atoms with Gasteiger partial charge in [0.1, 0.15) is 5.01 Å². The van der Waals surface area contributed by atoms with Crippen LogP contribution in [0, 0.1) is 13.8 Å². The number of methoxy groups -OCH3 is 1. The number of aromatic nitrogens is 4. The Morgan fingerprint density at radius 1 is 1.19 bits per heavy atom. The lowest BCUT2D eigenvalue weighted by atomic mass is 10.0. The third-order valence-electron chi connectivity index (χ3n) is 3.55. The molecular weight excluding hydrogens is 284 g/mol. The Labute approximate surface area is 127 Å². The summed E-state index contributed by atoms with van der Waals surface area (Å²) in [6.07, 6.45) is 1.56. The molecule has 0 aliphatic carbocycles. The Balaban J connectivity index is 1.83. The highest BCUT2D eigenvalue weighted by molar-refractivity contribution is 7.16. The van der Waals surface area contributed by atoms with Crippen molar-refractivity contribution in [2.45, 2.75) is 26.7 Å². The number of hydrogen-bond donors (Lipinski definition) is 0. The molecule has 2 heterocycles. The molecule has 21 heavy (non-hydrogen) atoms. The maximum atomic E-state index is 5.09. The van der Waals surface area contributed by atoms with Gasteiger partial charge in [-0.3, -0.25) is 0 Å². The molecule has 6 heteroatoms. The Morgan fingerprint density at radius 2 is 2.05 bits per heavy atom. The lowest BCUT2D eigenvalue weighted by Crippen LogP contribution is -2.02. The van der Waals surface area contributed by atoms with Crippen molar-refractivity contribution in [1.29, 1.82) is 0 Å². The quantitative estimate of drug-likeness (QED) is 0.727. The summed E-state index contributed by atoms with van der Waals surface area (Å²) in [5.74, 6) is 0.856. The Hall–Kier alpha value is -1.79. The van der Waals surface area contributed by atoms with Crippen molar-refractivity contribution < 1.29 is 4.74 Å². The van der Waals surface area contributed by atoms with Crippen molar-refractivity contribution in [2.75, 3.05) is 13.7 Å². The number of rotatable bonds is 5. The maximum Gasteiger partial charge on any atom is 0.234 e. The Kier molecular flexibility index (Phi) is 3.98. The summed E-state index contributed by atoms with van der Waals surface area (Å²) >= 11 is 1.59. The molecule has 0 unspecified atom stereocenters. The molecule has 1 aromatic carbocycles. The van der Waals surface area contributed by atoms with Gasteiger partial charge in [-0.15, -0.1) is 10.2 Å². The average Bonchev–Trinajstić information content (AvgIpc) is 3.01. The van der Waals surface area contributed by atoms with Crippen LogP contribution in [0.25, 0.3) is 4.96 Å². The third-order valence-corrected chi connectivity index (χ3v) is 4.45. The number of hydrogen-bond acceptors (Lipinski definition) is 5. The molecule has 0 saturated carbocycles. The second-order valence-corrected chi connectivity index (χ2v) is 6.19. The van der Waals surface area contributed by atoms with Gasteiger partial charge in [-0.25, -0.2) is 0 Å². The van der Waals surface area contributed by atoms with Gasteiger partial charge >= 0.3 is 0 Å². The molecule has 0 amide bonds. The van der Waals surface area contributed by atoms with Gasteiger partial charge in [-0.2, -0.15) is 9.61 Å². The maximum absolute atomic E-state index is 5.09. The first-order valence-corrected chi connectivity index (χ1v) is 7.74.